The molecular weight excluding hydrogens is 492 g/mol. The van der Waals surface area contributed by atoms with Crippen LogP contribution in [-0.2, 0) is 16.1 Å². The van der Waals surface area contributed by atoms with Gasteiger partial charge in [-0.05, 0) is 30.0 Å². The number of anilines is 1. The third kappa shape index (κ3) is 5.74. The molecule has 0 saturated carbocycles. The third-order valence-corrected chi connectivity index (χ3v) is 6.94. The fourth-order valence-electron chi connectivity index (χ4n) is 4.68. The second-order valence-electron chi connectivity index (χ2n) is 9.22. The van der Waals surface area contributed by atoms with E-state index in [4.69, 9.17) is 22.1 Å². The molecule has 2 amide bonds. The summed E-state index contributed by atoms with van der Waals surface area (Å²) >= 11 is 6.44. The molecule has 2 aromatic carbocycles. The van der Waals surface area contributed by atoms with Crippen LogP contribution >= 0.6 is 11.6 Å². The number of fused-ring (bicyclic) bond motifs is 1. The Bertz CT molecular complexity index is 1280. The molecule has 3 heterocycles. The summed E-state index contributed by atoms with van der Waals surface area (Å²) in [5.74, 6) is 0.0226. The second-order valence-corrected chi connectivity index (χ2v) is 9.63. The van der Waals surface area contributed by atoms with Gasteiger partial charge in [-0.3, -0.25) is 9.59 Å². The Morgan fingerprint density at radius 3 is 2.73 bits per heavy atom. The van der Waals surface area contributed by atoms with E-state index in [1.54, 1.807) is 12.3 Å². The van der Waals surface area contributed by atoms with Gasteiger partial charge in [0.15, 0.2) is 0 Å². The number of nitrogens with one attached hydrogen (secondary N) is 2. The molecule has 3 aromatic rings. The Hall–Kier alpha value is -3.53. The van der Waals surface area contributed by atoms with Crippen LogP contribution in [0.2, 0.25) is 5.02 Å². The van der Waals surface area contributed by atoms with E-state index in [1.165, 1.54) is 4.90 Å². The molecule has 0 radical (unpaired) electrons. The number of hydrogen-bond acceptors (Lipinski definition) is 7. The number of halogens is 1. The van der Waals surface area contributed by atoms with Crippen LogP contribution in [-0.4, -0.2) is 59.0 Å². The number of ether oxygens (including phenoxy) is 1. The minimum Gasteiger partial charge on any atom is -0.381 e. The summed E-state index contributed by atoms with van der Waals surface area (Å²) in [4.78, 5) is 36.4. The Kier molecular flexibility index (Phi) is 7.64. The van der Waals surface area contributed by atoms with Crippen molar-refractivity contribution >= 4 is 29.4 Å². The zero-order valence-corrected chi connectivity index (χ0v) is 21.1. The van der Waals surface area contributed by atoms with Crippen LogP contribution in [0.15, 0.2) is 54.7 Å². The number of nitrogens with two attached hydrogens (primary N) is 1. The fraction of sp³-hybridized carbons (Fsp3) is 0.333. The topological polar surface area (TPSA) is 122 Å². The summed E-state index contributed by atoms with van der Waals surface area (Å²) in [5, 5.41) is 6.68. The lowest BCUT2D eigenvalue weighted by atomic mass is 10.0. The first-order valence-electron chi connectivity index (χ1n) is 12.4. The molecule has 5 rings (SSSR count). The molecule has 1 fully saturated rings. The van der Waals surface area contributed by atoms with Gasteiger partial charge in [-0.2, -0.15) is 0 Å². The predicted octanol–water partition coefficient (Wildman–Crippen LogP) is 3.16. The first-order chi connectivity index (χ1) is 18.0. The number of hydrogen-bond donors (Lipinski definition) is 3. The molecule has 1 aromatic heterocycles. The lowest BCUT2D eigenvalue weighted by molar-refractivity contribution is -0.122. The zero-order chi connectivity index (χ0) is 25.8. The molecule has 2 aliphatic heterocycles. The number of benzene rings is 2. The number of aromatic nitrogens is 2. The minimum absolute atomic E-state index is 0.0559. The highest BCUT2D eigenvalue weighted by Gasteiger charge is 2.30. The van der Waals surface area contributed by atoms with Crippen LogP contribution < -0.4 is 16.4 Å². The highest BCUT2D eigenvalue weighted by atomic mass is 35.5. The molecule has 2 aliphatic rings. The van der Waals surface area contributed by atoms with Crippen molar-refractivity contribution in [2.75, 3.05) is 31.6 Å². The van der Waals surface area contributed by atoms with Gasteiger partial charge in [-0.15, -0.1) is 0 Å². The molecule has 10 heteroatoms. The van der Waals surface area contributed by atoms with Gasteiger partial charge in [0.1, 0.15) is 6.54 Å². The summed E-state index contributed by atoms with van der Waals surface area (Å²) < 4.78 is 5.41. The van der Waals surface area contributed by atoms with Crippen LogP contribution in [0.25, 0.3) is 11.3 Å². The van der Waals surface area contributed by atoms with Crippen molar-refractivity contribution < 1.29 is 14.3 Å². The van der Waals surface area contributed by atoms with Gasteiger partial charge >= 0.3 is 0 Å². The van der Waals surface area contributed by atoms with E-state index in [0.29, 0.717) is 47.6 Å². The van der Waals surface area contributed by atoms with Gasteiger partial charge in [0.2, 0.25) is 11.9 Å². The van der Waals surface area contributed by atoms with E-state index < -0.39 is 0 Å². The van der Waals surface area contributed by atoms with Crippen LogP contribution in [0.3, 0.4) is 0 Å². The van der Waals surface area contributed by atoms with Crippen LogP contribution in [0.5, 0.6) is 0 Å². The fourth-order valence-corrected chi connectivity index (χ4v) is 4.88. The number of nitrogens with zero attached hydrogens (tertiary/aromatic N) is 3. The maximum Gasteiger partial charge on any atom is 0.254 e. The van der Waals surface area contributed by atoms with Crippen molar-refractivity contribution in [3.63, 3.8) is 0 Å². The highest BCUT2D eigenvalue weighted by molar-refractivity contribution is 6.33. The molecule has 1 saturated heterocycles. The van der Waals surface area contributed by atoms with E-state index in [0.717, 1.165) is 24.0 Å². The zero-order valence-electron chi connectivity index (χ0n) is 20.3. The number of rotatable bonds is 8. The number of amides is 2. The molecule has 4 N–H and O–H groups in total. The quantitative estimate of drug-likeness (QED) is 0.417. The maximum absolute atomic E-state index is 13.2. The number of carbonyl (C=O) groups excluding carboxylic acids is 2. The lowest BCUT2D eigenvalue weighted by Gasteiger charge is -2.23. The predicted molar refractivity (Wildman–Crippen MR) is 141 cm³/mol. The van der Waals surface area contributed by atoms with Gasteiger partial charge in [-0.25, -0.2) is 9.97 Å². The van der Waals surface area contributed by atoms with Crippen molar-refractivity contribution in [1.82, 2.24) is 20.2 Å². The molecule has 0 unspecified atom stereocenters. The van der Waals surface area contributed by atoms with Crippen LogP contribution in [0.4, 0.5) is 5.95 Å². The molecule has 0 spiro atoms. The van der Waals surface area contributed by atoms with E-state index in [9.17, 15) is 9.59 Å². The number of carbonyl (C=O) groups is 2. The van der Waals surface area contributed by atoms with E-state index in [1.807, 2.05) is 42.5 Å². The van der Waals surface area contributed by atoms with E-state index in [2.05, 4.69) is 20.6 Å². The smallest absolute Gasteiger partial charge is 0.254 e. The van der Waals surface area contributed by atoms with Gasteiger partial charge < -0.3 is 26.0 Å². The van der Waals surface area contributed by atoms with Crippen molar-refractivity contribution in [3.8, 4) is 11.3 Å². The monoisotopic (exact) mass is 520 g/mol. The van der Waals surface area contributed by atoms with Gasteiger partial charge in [-0.1, -0.05) is 54.1 Å². The highest BCUT2D eigenvalue weighted by Crippen LogP contribution is 2.31. The Morgan fingerprint density at radius 2 is 1.97 bits per heavy atom. The average Bonchev–Trinajstić information content (AvgIpc) is 3.23. The molecule has 37 heavy (non-hydrogen) atoms. The molecule has 0 aliphatic carbocycles. The Balaban J connectivity index is 1.28. The van der Waals surface area contributed by atoms with Gasteiger partial charge in [0.05, 0.1) is 23.0 Å². The molecule has 1 atom stereocenters. The van der Waals surface area contributed by atoms with Crippen molar-refractivity contribution in [1.29, 1.82) is 0 Å². The maximum atomic E-state index is 13.2. The summed E-state index contributed by atoms with van der Waals surface area (Å²) in [6, 6.07) is 15.0. The Morgan fingerprint density at radius 1 is 1.19 bits per heavy atom. The summed E-state index contributed by atoms with van der Waals surface area (Å²) in [5.41, 5.74) is 9.46. The van der Waals surface area contributed by atoms with Crippen molar-refractivity contribution in [3.05, 3.63) is 76.4 Å². The van der Waals surface area contributed by atoms with Crippen LogP contribution in [0.1, 0.15) is 40.4 Å². The standard InChI is InChI=1S/C27H29ClN6O3/c28-22-14-30-27(31-20-8-10-37-11-9-20)33-25(22)18-6-7-19-15-34(26(36)21(19)12-18)16-24(35)32-23(13-29)17-4-2-1-3-5-17/h1-7,12,14,20,23H,8-11,13,15-16,29H2,(H,32,35)(H,30,31,33)/t23-/m1/s1. The first-order valence-corrected chi connectivity index (χ1v) is 12.7. The second kappa shape index (κ2) is 11.2. The van der Waals surface area contributed by atoms with Crippen molar-refractivity contribution in [2.24, 2.45) is 5.73 Å². The van der Waals surface area contributed by atoms with Crippen LogP contribution in [0, 0.1) is 0 Å². The minimum atomic E-state index is -0.316. The molecule has 9 nitrogen and oxygen atoms in total. The molecular formula is C27H29ClN6O3. The van der Waals surface area contributed by atoms with Crippen molar-refractivity contribution in [2.45, 2.75) is 31.5 Å². The SMILES string of the molecule is NC[C@@H](NC(=O)CN1Cc2ccc(-c3nc(NC4CCOCC4)ncc3Cl)cc2C1=O)c1ccccc1. The summed E-state index contributed by atoms with van der Waals surface area (Å²) in [6.45, 7) is 1.98. The molecule has 0 bridgehead atoms. The summed E-state index contributed by atoms with van der Waals surface area (Å²) in [6.07, 6.45) is 3.34. The Labute approximate surface area is 220 Å². The summed E-state index contributed by atoms with van der Waals surface area (Å²) in [7, 11) is 0. The third-order valence-electron chi connectivity index (χ3n) is 6.67. The largest absolute Gasteiger partial charge is 0.381 e. The average molecular weight is 521 g/mol. The van der Waals surface area contributed by atoms with E-state index >= 15 is 0 Å². The van der Waals surface area contributed by atoms with E-state index in [-0.39, 0.29) is 37.0 Å². The van der Waals surface area contributed by atoms with Gasteiger partial charge in [0, 0.05) is 43.5 Å². The normalized spacial score (nSPS) is 16.4. The molecule has 192 valence electrons. The lowest BCUT2D eigenvalue weighted by Crippen LogP contribution is -2.41. The first kappa shape index (κ1) is 25.1. The van der Waals surface area contributed by atoms with Gasteiger partial charge in [0.25, 0.3) is 5.91 Å².